The van der Waals surface area contributed by atoms with E-state index >= 15 is 0 Å². The van der Waals surface area contributed by atoms with Crippen molar-refractivity contribution in [2.45, 2.75) is 144 Å². The van der Waals surface area contributed by atoms with Gasteiger partial charge >= 0.3 is 0 Å². The second kappa shape index (κ2) is 36.6. The van der Waals surface area contributed by atoms with Gasteiger partial charge in [0.15, 0.2) is 45.9 Å². The Morgan fingerprint density at radius 3 is 0.962 bits per heavy atom. The van der Waals surface area contributed by atoms with Gasteiger partial charge in [-0.3, -0.25) is 56.4 Å². The quantitative estimate of drug-likeness (QED) is 0.0696. The highest BCUT2D eigenvalue weighted by molar-refractivity contribution is 5.70. The van der Waals surface area contributed by atoms with Crippen LogP contribution in [0.4, 0.5) is 40.3 Å². The number of rotatable bonds is 16. The molecule has 16 aromatic rings. The van der Waals surface area contributed by atoms with Crippen LogP contribution in [0.2, 0.25) is 0 Å². The molecule has 0 bridgehead atoms. The summed E-state index contributed by atoms with van der Waals surface area (Å²) in [6.07, 6.45) is 28.1. The number of anilines is 4. The van der Waals surface area contributed by atoms with E-state index in [-0.39, 0.29) is 51.4 Å². The third kappa shape index (κ3) is 18.2. The monoisotopic (exact) mass is 1790 g/mol. The zero-order valence-corrected chi connectivity index (χ0v) is 75.8. The molecule has 2 saturated carbocycles. The van der Waals surface area contributed by atoms with Crippen LogP contribution in [0.15, 0.2) is 191 Å². The van der Waals surface area contributed by atoms with E-state index in [1.54, 1.807) is 87.3 Å². The molecule has 0 aromatic carbocycles. The molecular formula is C98H108F4N24O6. The normalized spacial score (nSPS) is 18.6. The second-order valence-electron chi connectivity index (χ2n) is 36.3. The molecule has 0 radical (unpaired) electrons. The van der Waals surface area contributed by atoms with Crippen LogP contribution < -0.4 is 41.8 Å². The Bertz CT molecular complexity index is 7130. The number of nitrogens with zero attached hydrogens (tertiary/aromatic N) is 24. The molecule has 30 nitrogen and oxygen atoms in total. The molecule has 684 valence electrons. The van der Waals surface area contributed by atoms with Gasteiger partial charge < -0.3 is 47.0 Å². The Kier molecular flexibility index (Phi) is 24.4. The highest BCUT2D eigenvalue weighted by atomic mass is 19.1. The van der Waals surface area contributed by atoms with E-state index in [2.05, 4.69) is 121 Å². The molecule has 34 heteroatoms. The summed E-state index contributed by atoms with van der Waals surface area (Å²) < 4.78 is 76.3. The first-order valence-electron chi connectivity index (χ1n) is 45.6. The lowest BCUT2D eigenvalue weighted by molar-refractivity contribution is 0.0624. The van der Waals surface area contributed by atoms with Crippen molar-refractivity contribution >= 4 is 67.9 Å². The van der Waals surface area contributed by atoms with Crippen molar-refractivity contribution in [3.05, 3.63) is 259 Å². The summed E-state index contributed by atoms with van der Waals surface area (Å²) in [6, 6.07) is 30.6. The van der Waals surface area contributed by atoms with Gasteiger partial charge in [-0.2, -0.15) is 0 Å². The molecule has 6 aliphatic rings. The predicted molar refractivity (Wildman–Crippen MR) is 503 cm³/mol. The number of fused-ring (bicyclic) bond motifs is 8. The number of piperazine rings is 4. The number of aliphatic hydroxyl groups is 1. The van der Waals surface area contributed by atoms with Gasteiger partial charge in [-0.05, 0) is 168 Å². The van der Waals surface area contributed by atoms with Crippen LogP contribution in [0.1, 0.15) is 96.4 Å². The van der Waals surface area contributed by atoms with Crippen LogP contribution in [0.3, 0.4) is 0 Å². The molecule has 20 heterocycles. The molecule has 4 aliphatic heterocycles. The fourth-order valence-electron chi connectivity index (χ4n) is 19.5. The number of imidazole rings is 4. The fraction of sp³-hybridized carbons (Fsp3) is 0.388. The number of ether oxygens (including phenoxy) is 1. The molecule has 4 saturated heterocycles. The molecule has 16 aromatic heterocycles. The minimum absolute atomic E-state index is 0.0391. The summed E-state index contributed by atoms with van der Waals surface area (Å²) in [4.78, 5) is 107. The lowest BCUT2D eigenvalue weighted by Crippen LogP contribution is -2.57. The van der Waals surface area contributed by atoms with Crippen LogP contribution in [-0.2, 0) is 4.74 Å². The summed E-state index contributed by atoms with van der Waals surface area (Å²) in [5.41, 5.74) is 13.2. The number of aromatic nitrogens is 16. The average molecular weight is 1790 g/mol. The first-order valence-corrected chi connectivity index (χ1v) is 45.6. The smallest absolute Gasteiger partial charge is 0.258 e. The summed E-state index contributed by atoms with van der Waals surface area (Å²) in [5, 5.41) is 8.84. The molecule has 4 atom stereocenters. The maximum Gasteiger partial charge on any atom is 0.258 e. The van der Waals surface area contributed by atoms with Crippen molar-refractivity contribution in [2.24, 2.45) is 0 Å². The van der Waals surface area contributed by atoms with E-state index in [0.29, 0.717) is 117 Å². The van der Waals surface area contributed by atoms with E-state index in [1.807, 2.05) is 94.1 Å². The number of aryl methyl sites for hydroxylation is 4. The highest BCUT2D eigenvalue weighted by Gasteiger charge is 2.37. The number of aliphatic hydroxyl groups excluding tert-OH is 1. The third-order valence-electron chi connectivity index (χ3n) is 26.5. The molecule has 2 aliphatic carbocycles. The van der Waals surface area contributed by atoms with Crippen molar-refractivity contribution in [3.8, 4) is 45.0 Å². The molecular weight excluding hydrogens is 1690 g/mol. The van der Waals surface area contributed by atoms with Crippen LogP contribution in [0, 0.1) is 51.0 Å². The van der Waals surface area contributed by atoms with E-state index < -0.39 is 23.3 Å². The lowest BCUT2D eigenvalue weighted by atomic mass is 9.89. The van der Waals surface area contributed by atoms with Crippen molar-refractivity contribution in [1.82, 2.24) is 94.7 Å². The van der Waals surface area contributed by atoms with E-state index in [4.69, 9.17) is 9.84 Å². The minimum atomic E-state index is -0.457. The lowest BCUT2D eigenvalue weighted by Gasteiger charge is -2.47. The van der Waals surface area contributed by atoms with E-state index in [1.165, 1.54) is 85.0 Å². The number of hydrogen-bond acceptors (Lipinski definition) is 22. The molecule has 0 spiro atoms. The predicted octanol–water partition coefficient (Wildman–Crippen LogP) is 12.0. The van der Waals surface area contributed by atoms with Crippen LogP contribution >= 0.6 is 0 Å². The van der Waals surface area contributed by atoms with Crippen LogP contribution in [0.25, 0.3) is 90.2 Å². The van der Waals surface area contributed by atoms with Gasteiger partial charge in [-0.1, -0.05) is 6.42 Å². The highest BCUT2D eigenvalue weighted by Crippen LogP contribution is 2.35. The fourth-order valence-corrected chi connectivity index (χ4v) is 19.5. The minimum Gasteiger partial charge on any atom is -0.394 e. The largest absolute Gasteiger partial charge is 0.394 e. The van der Waals surface area contributed by atoms with Crippen molar-refractivity contribution in [3.63, 3.8) is 0 Å². The molecule has 0 unspecified atom stereocenters. The van der Waals surface area contributed by atoms with E-state index in [0.717, 1.165) is 137 Å². The first kappa shape index (κ1) is 88.2. The molecule has 22 rings (SSSR count). The number of hydrogen-bond donors (Lipinski definition) is 1. The number of pyridine rings is 8. The maximum absolute atomic E-state index is 14.6. The Balaban J connectivity index is 0.000000114. The van der Waals surface area contributed by atoms with Gasteiger partial charge in [0.1, 0.15) is 22.6 Å². The molecule has 1 N–H and O–H groups in total. The first-order chi connectivity index (χ1) is 63.6. The van der Waals surface area contributed by atoms with Crippen LogP contribution in [-0.4, -0.2) is 247 Å². The van der Waals surface area contributed by atoms with Gasteiger partial charge in [-0.25, -0.2) is 57.4 Å². The van der Waals surface area contributed by atoms with Crippen molar-refractivity contribution in [2.75, 3.05) is 125 Å². The Labute approximate surface area is 758 Å². The Morgan fingerprint density at radius 1 is 0.364 bits per heavy atom. The van der Waals surface area contributed by atoms with Gasteiger partial charge in [0, 0.05) is 248 Å². The topological polar surface area (TPSA) is 262 Å². The standard InChI is InChI=1S/C25H29FN6O3.C25H27FN6O.C24H25FN6O.C24H27FN6O/c1-17-13-31-15-19(11-21(26)25(31)27-17)22-12-24(34)32-16-20(3-4-23(32)28-22)30-6-5-29(18(2)14-30)7-9-35-10-8-33;1-16-12-30-14-18(10-21(26)25(30)27-16)22-11-24(33)32-15-20(6-7-23(32)28-22)29-8-9-31(17(2)13-29)19-4-3-5-19;1-15-11-29-13-17(9-20(25)24(29)26-15)21-10-23(32)31-14-19(5-6-22(31)27-21)28-7-8-30(16(2)12-28)18-3-4-18;1-15(2)30-8-7-28(12-17(30)4)19-5-6-22-27-21(10-23(32)31(22)14-19)18-9-20(25)24-26-16(3)11-29(24)13-18/h3-4,11-13,15-16,18,33H,5-10,14H2,1-2H3;6-7,10-12,14-15,17,19H,3-5,8-9,13H2,1-2H3;5-6,9-11,13-14,16,18H,3-4,7-8,12H2,1-2H3;5-6,9-11,13-15,17H,7-8,12H2,1-4H3/t18-;17-;16-;17-/m0000/s1. The zero-order valence-electron chi connectivity index (χ0n) is 75.8. The van der Waals surface area contributed by atoms with Gasteiger partial charge in [0.2, 0.25) is 0 Å². The van der Waals surface area contributed by atoms with Crippen LogP contribution in [0.5, 0.6) is 0 Å². The van der Waals surface area contributed by atoms with Gasteiger partial charge in [0.05, 0.1) is 88.1 Å². The summed E-state index contributed by atoms with van der Waals surface area (Å²) in [5.74, 6) is -1.77. The third-order valence-corrected chi connectivity index (χ3v) is 26.5. The maximum atomic E-state index is 14.6. The Morgan fingerprint density at radius 2 is 0.674 bits per heavy atom. The number of halogens is 4. The summed E-state index contributed by atoms with van der Waals surface area (Å²) >= 11 is 0. The summed E-state index contributed by atoms with van der Waals surface area (Å²) in [6.45, 7) is 33.8. The molecule has 0 amide bonds. The SMILES string of the molecule is Cc1cn2cc(-c3cc(=O)n4cc(N5CCN(C(C)C)[C@@H](C)C5)ccc4n3)cc(F)c2n1.Cc1cn2cc(-c3cc(=O)n4cc(N5CCN(C6CC6)[C@@H](C)C5)ccc4n3)cc(F)c2n1.Cc1cn2cc(-c3cc(=O)n4cc(N5CCN(C6CCC6)[C@@H](C)C5)ccc4n3)cc(F)c2n1.Cc1cn2cc(-c3cc(=O)n4cc(N5CCN(CCOCCO)[C@@H](C)C5)ccc4n3)cc(F)c2n1. The molecule has 132 heavy (non-hydrogen) atoms. The molecule has 6 fully saturated rings. The zero-order chi connectivity index (χ0) is 91.8. The summed E-state index contributed by atoms with van der Waals surface area (Å²) in [7, 11) is 0. The van der Waals surface area contributed by atoms with E-state index in [9.17, 15) is 36.7 Å². The van der Waals surface area contributed by atoms with Crippen molar-refractivity contribution < 1.29 is 27.4 Å². The second-order valence-corrected chi connectivity index (χ2v) is 36.3. The average Bonchev–Trinajstić information content (AvgIpc) is 1.38. The van der Waals surface area contributed by atoms with Crippen molar-refractivity contribution in [1.29, 1.82) is 0 Å². The van der Waals surface area contributed by atoms with Gasteiger partial charge in [-0.15, -0.1) is 0 Å². The Hall–Kier alpha value is -13.1. The van der Waals surface area contributed by atoms with Gasteiger partial charge in [0.25, 0.3) is 22.2 Å².